The smallest absolute Gasteiger partial charge is 0.259 e. The van der Waals surface area contributed by atoms with Gasteiger partial charge in [-0.2, -0.15) is 0 Å². The number of benzene rings is 2. The van der Waals surface area contributed by atoms with Gasteiger partial charge >= 0.3 is 0 Å². The fourth-order valence-electron chi connectivity index (χ4n) is 4.27. The van der Waals surface area contributed by atoms with Gasteiger partial charge in [0.1, 0.15) is 17.3 Å². The number of anilines is 1. The van der Waals surface area contributed by atoms with E-state index < -0.39 is 11.7 Å². The molecule has 1 aliphatic carbocycles. The molecule has 0 atom stereocenters. The third-order valence-electron chi connectivity index (χ3n) is 6.10. The highest BCUT2D eigenvalue weighted by Crippen LogP contribution is 2.51. The van der Waals surface area contributed by atoms with Crippen LogP contribution in [0.2, 0.25) is 5.02 Å². The molecular formula is C24H27ClFNO3. The van der Waals surface area contributed by atoms with E-state index in [0.717, 1.165) is 30.0 Å². The van der Waals surface area contributed by atoms with Crippen LogP contribution in [0.5, 0.6) is 5.75 Å². The fraction of sp³-hybridized carbons (Fsp3) is 0.375. The molecular weight excluding hydrogens is 405 g/mol. The average Bonchev–Trinajstić information content (AvgIpc) is 2.60. The molecule has 0 saturated carbocycles. The first kappa shape index (κ1) is 22.2. The van der Waals surface area contributed by atoms with Crippen LogP contribution >= 0.6 is 11.6 Å². The minimum absolute atomic E-state index is 0.00310. The Balaban J connectivity index is 2.06. The topological polar surface area (TPSA) is 69.6 Å². The number of nitrogens with one attached hydrogen (secondary N) is 1. The molecule has 0 spiro atoms. The molecule has 0 bridgehead atoms. The van der Waals surface area contributed by atoms with Gasteiger partial charge in [-0.05, 0) is 65.5 Å². The Morgan fingerprint density at radius 3 is 2.33 bits per heavy atom. The third-order valence-corrected chi connectivity index (χ3v) is 6.47. The van der Waals surface area contributed by atoms with Gasteiger partial charge in [0, 0.05) is 5.69 Å². The lowest BCUT2D eigenvalue weighted by molar-refractivity contribution is 0.102. The summed E-state index contributed by atoms with van der Waals surface area (Å²) in [7, 11) is 0. The lowest BCUT2D eigenvalue weighted by atomic mass is 9.63. The van der Waals surface area contributed by atoms with Crippen molar-refractivity contribution in [2.45, 2.75) is 58.3 Å². The number of phenols is 1. The lowest BCUT2D eigenvalue weighted by Crippen LogP contribution is -2.34. The van der Waals surface area contributed by atoms with Gasteiger partial charge in [-0.1, -0.05) is 45.9 Å². The molecule has 2 aromatic rings. The monoisotopic (exact) mass is 431 g/mol. The van der Waals surface area contributed by atoms with E-state index >= 15 is 0 Å². The predicted octanol–water partition coefficient (Wildman–Crippen LogP) is 6.62. The Bertz CT molecular complexity index is 1050. The van der Waals surface area contributed by atoms with Gasteiger partial charge in [-0.15, -0.1) is 0 Å². The second-order valence-corrected chi connectivity index (χ2v) is 9.71. The summed E-state index contributed by atoms with van der Waals surface area (Å²) in [4.78, 5) is 13.0. The van der Waals surface area contributed by atoms with E-state index in [1.165, 1.54) is 6.07 Å². The van der Waals surface area contributed by atoms with Crippen LogP contribution in [-0.2, 0) is 10.8 Å². The average molecular weight is 432 g/mol. The Labute approximate surface area is 181 Å². The maximum absolute atomic E-state index is 14.3. The number of fused-ring (bicyclic) bond motifs is 1. The first-order valence-electron chi connectivity index (χ1n) is 9.82. The zero-order chi connectivity index (χ0) is 22.6. The molecule has 160 valence electrons. The van der Waals surface area contributed by atoms with Crippen LogP contribution in [-0.4, -0.2) is 16.1 Å². The van der Waals surface area contributed by atoms with Crippen molar-refractivity contribution in [3.63, 3.8) is 0 Å². The van der Waals surface area contributed by atoms with Crippen molar-refractivity contribution in [1.82, 2.24) is 0 Å². The van der Waals surface area contributed by atoms with E-state index in [-0.39, 0.29) is 44.2 Å². The van der Waals surface area contributed by atoms with Gasteiger partial charge in [-0.25, -0.2) is 4.39 Å². The fourth-order valence-corrected chi connectivity index (χ4v) is 4.73. The molecule has 3 rings (SSSR count). The van der Waals surface area contributed by atoms with Gasteiger partial charge in [0.05, 0.1) is 16.1 Å². The van der Waals surface area contributed by atoms with Crippen LogP contribution in [0.15, 0.2) is 24.8 Å². The van der Waals surface area contributed by atoms with Gasteiger partial charge in [0.15, 0.2) is 0 Å². The minimum Gasteiger partial charge on any atom is -0.508 e. The maximum Gasteiger partial charge on any atom is 0.259 e. The molecule has 0 unspecified atom stereocenters. The molecule has 3 N–H and O–H groups in total. The number of phenolic OH excluding ortho intramolecular Hbond substituents is 1. The standard InChI is InChI=1S/C24H27ClFNO3/c1-12-9-14(10-17(26)18(12)13(2)28)27-22(30)15-11-16-19(20(25)21(15)29)24(5,6)8-7-23(16,3)4/h9-11,28-29H,2,7-8H2,1,3-6H3,(H,27,30). The molecule has 4 nitrogen and oxygen atoms in total. The van der Waals surface area contributed by atoms with Crippen molar-refractivity contribution in [3.8, 4) is 5.75 Å². The van der Waals surface area contributed by atoms with Crippen molar-refractivity contribution in [1.29, 1.82) is 0 Å². The lowest BCUT2D eigenvalue weighted by Gasteiger charge is -2.42. The summed E-state index contributed by atoms with van der Waals surface area (Å²) in [6, 6.07) is 4.33. The van der Waals surface area contributed by atoms with Crippen molar-refractivity contribution < 1.29 is 19.4 Å². The number of aliphatic hydroxyl groups excluding tert-OH is 1. The molecule has 0 saturated heterocycles. The number of carbonyl (C=O) groups is 1. The molecule has 0 heterocycles. The Morgan fingerprint density at radius 1 is 1.17 bits per heavy atom. The number of amides is 1. The first-order chi connectivity index (χ1) is 13.8. The summed E-state index contributed by atoms with van der Waals surface area (Å²) in [6.45, 7) is 13.3. The van der Waals surface area contributed by atoms with E-state index in [0.29, 0.717) is 5.56 Å². The zero-order valence-electron chi connectivity index (χ0n) is 17.9. The van der Waals surface area contributed by atoms with Crippen LogP contribution in [0.4, 0.5) is 10.1 Å². The number of aromatic hydroxyl groups is 1. The molecule has 2 aromatic carbocycles. The summed E-state index contributed by atoms with van der Waals surface area (Å²) in [5.41, 5.74) is 2.03. The van der Waals surface area contributed by atoms with Crippen molar-refractivity contribution >= 4 is 29.0 Å². The molecule has 0 aromatic heterocycles. The largest absolute Gasteiger partial charge is 0.508 e. The first-order valence-corrected chi connectivity index (χ1v) is 10.2. The zero-order valence-corrected chi connectivity index (χ0v) is 18.7. The highest BCUT2D eigenvalue weighted by Gasteiger charge is 2.40. The quantitative estimate of drug-likeness (QED) is 0.478. The van der Waals surface area contributed by atoms with Gasteiger partial charge in [-0.3, -0.25) is 4.79 Å². The number of aryl methyl sites for hydroxylation is 1. The molecule has 6 heteroatoms. The molecule has 1 amide bonds. The van der Waals surface area contributed by atoms with E-state index in [1.54, 1.807) is 13.0 Å². The molecule has 0 radical (unpaired) electrons. The predicted molar refractivity (Wildman–Crippen MR) is 119 cm³/mol. The molecule has 30 heavy (non-hydrogen) atoms. The van der Waals surface area contributed by atoms with Crippen LogP contribution in [0.3, 0.4) is 0 Å². The van der Waals surface area contributed by atoms with Crippen LogP contribution < -0.4 is 5.32 Å². The van der Waals surface area contributed by atoms with Crippen molar-refractivity contribution in [2.75, 3.05) is 5.32 Å². The Hall–Kier alpha value is -2.53. The summed E-state index contributed by atoms with van der Waals surface area (Å²) in [5.74, 6) is -1.96. The molecule has 0 aliphatic heterocycles. The van der Waals surface area contributed by atoms with Gasteiger partial charge in [0.25, 0.3) is 5.91 Å². The summed E-state index contributed by atoms with van der Waals surface area (Å²) in [5, 5.41) is 23.1. The Kier molecular flexibility index (Phi) is 5.40. The van der Waals surface area contributed by atoms with Crippen LogP contribution in [0.1, 0.15) is 73.1 Å². The number of hydrogen-bond acceptors (Lipinski definition) is 3. The second-order valence-electron chi connectivity index (χ2n) is 9.33. The SMILES string of the molecule is C=C(O)c1c(C)cc(NC(=O)c2cc3c(c(Cl)c2O)C(C)(C)CCC3(C)C)cc1F. The summed E-state index contributed by atoms with van der Waals surface area (Å²) < 4.78 is 14.3. The normalized spacial score (nSPS) is 16.6. The van der Waals surface area contributed by atoms with E-state index in [4.69, 9.17) is 11.6 Å². The van der Waals surface area contributed by atoms with Gasteiger partial charge in [0.2, 0.25) is 0 Å². The third kappa shape index (κ3) is 3.67. The summed E-state index contributed by atoms with van der Waals surface area (Å²) >= 11 is 6.55. The number of rotatable bonds is 3. The summed E-state index contributed by atoms with van der Waals surface area (Å²) in [6.07, 6.45) is 1.84. The highest BCUT2D eigenvalue weighted by molar-refractivity contribution is 6.34. The van der Waals surface area contributed by atoms with Crippen LogP contribution in [0, 0.1) is 12.7 Å². The van der Waals surface area contributed by atoms with Crippen molar-refractivity contribution in [3.05, 3.63) is 63.4 Å². The minimum atomic E-state index is -0.701. The molecule has 1 aliphatic rings. The highest BCUT2D eigenvalue weighted by atomic mass is 35.5. The number of carbonyl (C=O) groups excluding carboxylic acids is 1. The van der Waals surface area contributed by atoms with E-state index in [1.807, 2.05) is 0 Å². The Morgan fingerprint density at radius 2 is 1.77 bits per heavy atom. The van der Waals surface area contributed by atoms with E-state index in [2.05, 4.69) is 39.6 Å². The molecule has 0 fully saturated rings. The number of hydrogen-bond donors (Lipinski definition) is 3. The second kappa shape index (κ2) is 7.31. The van der Waals surface area contributed by atoms with Crippen molar-refractivity contribution in [2.24, 2.45) is 0 Å². The number of aliphatic hydroxyl groups is 1. The van der Waals surface area contributed by atoms with E-state index in [9.17, 15) is 19.4 Å². The number of halogens is 2. The maximum atomic E-state index is 14.3. The van der Waals surface area contributed by atoms with Gasteiger partial charge < -0.3 is 15.5 Å². The van der Waals surface area contributed by atoms with Crippen LogP contribution in [0.25, 0.3) is 5.76 Å².